The van der Waals surface area contributed by atoms with Crippen LogP contribution in [0.2, 0.25) is 5.02 Å². The zero-order chi connectivity index (χ0) is 18.8. The van der Waals surface area contributed by atoms with Crippen LogP contribution in [0, 0.1) is 20.2 Å². The van der Waals surface area contributed by atoms with E-state index in [1.54, 1.807) is 18.2 Å². The van der Waals surface area contributed by atoms with Gasteiger partial charge in [-0.2, -0.15) is 0 Å². The first-order valence-corrected chi connectivity index (χ1v) is 7.90. The fourth-order valence-electron chi connectivity index (χ4n) is 2.72. The Hall–Kier alpha value is -3.20. The van der Waals surface area contributed by atoms with Crippen molar-refractivity contribution in [2.75, 3.05) is 6.61 Å². The predicted octanol–water partition coefficient (Wildman–Crippen LogP) is 3.41. The van der Waals surface area contributed by atoms with Crippen molar-refractivity contribution in [1.82, 2.24) is 5.32 Å². The second-order valence-corrected chi connectivity index (χ2v) is 5.98. The number of nitrogens with zero attached hydrogens (tertiary/aromatic N) is 2. The zero-order valence-corrected chi connectivity index (χ0v) is 13.9. The van der Waals surface area contributed by atoms with Crippen molar-refractivity contribution in [3.05, 3.63) is 72.8 Å². The summed E-state index contributed by atoms with van der Waals surface area (Å²) in [6.07, 6.45) is 0.468. The van der Waals surface area contributed by atoms with E-state index in [-0.39, 0.29) is 5.56 Å². The van der Waals surface area contributed by atoms with Gasteiger partial charge in [0, 0.05) is 24.1 Å². The number of fused-ring (bicyclic) bond motifs is 1. The molecule has 1 unspecified atom stereocenters. The molecule has 2 aromatic rings. The number of carbonyl (C=O) groups excluding carboxylic acids is 1. The Morgan fingerprint density at radius 2 is 1.81 bits per heavy atom. The van der Waals surface area contributed by atoms with Crippen LogP contribution < -0.4 is 10.1 Å². The van der Waals surface area contributed by atoms with E-state index in [2.05, 4.69) is 5.32 Å². The monoisotopic (exact) mass is 377 g/mol. The third kappa shape index (κ3) is 3.42. The molecular weight excluding hydrogens is 366 g/mol. The minimum absolute atomic E-state index is 0.166. The van der Waals surface area contributed by atoms with E-state index in [4.69, 9.17) is 16.3 Å². The fourth-order valence-corrected chi connectivity index (χ4v) is 2.95. The predicted molar refractivity (Wildman–Crippen MR) is 91.5 cm³/mol. The third-order valence-electron chi connectivity index (χ3n) is 3.92. The highest BCUT2D eigenvalue weighted by Crippen LogP contribution is 2.37. The van der Waals surface area contributed by atoms with Gasteiger partial charge in [-0.1, -0.05) is 23.7 Å². The smallest absolute Gasteiger partial charge is 0.277 e. The molecular formula is C16H12ClN3O6. The molecule has 9 nitrogen and oxygen atoms in total. The van der Waals surface area contributed by atoms with Crippen LogP contribution in [0.15, 0.2) is 36.4 Å². The quantitative estimate of drug-likeness (QED) is 0.643. The largest absolute Gasteiger partial charge is 0.492 e. The molecule has 26 heavy (non-hydrogen) atoms. The van der Waals surface area contributed by atoms with Gasteiger partial charge in [0.15, 0.2) is 0 Å². The van der Waals surface area contributed by atoms with E-state index in [0.29, 0.717) is 29.4 Å². The van der Waals surface area contributed by atoms with E-state index in [1.807, 2.05) is 0 Å². The van der Waals surface area contributed by atoms with Crippen LogP contribution in [0.4, 0.5) is 11.4 Å². The molecule has 1 aliphatic heterocycles. The Morgan fingerprint density at radius 1 is 1.15 bits per heavy atom. The lowest BCUT2D eigenvalue weighted by atomic mass is 10.00. The van der Waals surface area contributed by atoms with Gasteiger partial charge >= 0.3 is 0 Å². The summed E-state index contributed by atoms with van der Waals surface area (Å²) in [5.41, 5.74) is -0.544. The standard InChI is InChI=1S/C16H12ClN3O6/c17-13-3-1-2-12-14(4-5-26-15(12)13)18-16(21)9-6-10(19(22)23)8-11(7-9)20(24)25/h1-3,6-8,14H,4-5H2,(H,18,21). The second-order valence-electron chi connectivity index (χ2n) is 5.57. The van der Waals surface area contributed by atoms with Crippen molar-refractivity contribution in [2.24, 2.45) is 0 Å². The molecule has 1 amide bonds. The van der Waals surface area contributed by atoms with Crippen molar-refractivity contribution < 1.29 is 19.4 Å². The summed E-state index contributed by atoms with van der Waals surface area (Å²) in [5.74, 6) is -0.189. The number of para-hydroxylation sites is 1. The highest BCUT2D eigenvalue weighted by Gasteiger charge is 2.26. The van der Waals surface area contributed by atoms with E-state index in [1.165, 1.54) is 0 Å². The number of non-ortho nitro benzene ring substituents is 2. The lowest BCUT2D eigenvalue weighted by Gasteiger charge is -2.27. The van der Waals surface area contributed by atoms with Crippen molar-refractivity contribution in [2.45, 2.75) is 12.5 Å². The molecule has 1 N–H and O–H groups in total. The molecule has 0 fully saturated rings. The van der Waals surface area contributed by atoms with E-state index >= 15 is 0 Å². The molecule has 0 aliphatic carbocycles. The molecule has 0 aromatic heterocycles. The molecule has 0 spiro atoms. The van der Waals surface area contributed by atoms with Gasteiger partial charge in [-0.3, -0.25) is 25.0 Å². The number of rotatable bonds is 4. The summed E-state index contributed by atoms with van der Waals surface area (Å²) in [4.78, 5) is 32.9. The van der Waals surface area contributed by atoms with Crippen molar-refractivity contribution in [1.29, 1.82) is 0 Å². The molecule has 0 saturated carbocycles. The second kappa shape index (κ2) is 6.96. The maximum Gasteiger partial charge on any atom is 0.277 e. The number of carbonyl (C=O) groups is 1. The Balaban J connectivity index is 1.91. The first-order chi connectivity index (χ1) is 12.4. The summed E-state index contributed by atoms with van der Waals surface area (Å²) in [6.45, 7) is 0.330. The SMILES string of the molecule is O=C(NC1CCOc2c(Cl)cccc21)c1cc([N+](=O)[O-])cc([N+](=O)[O-])c1. The summed E-state index contributed by atoms with van der Waals surface area (Å²) >= 11 is 6.08. The van der Waals surface area contributed by atoms with Crippen LogP contribution in [-0.2, 0) is 0 Å². The number of hydrogen-bond acceptors (Lipinski definition) is 6. The van der Waals surface area contributed by atoms with Crippen molar-refractivity contribution >= 4 is 28.9 Å². The lowest BCUT2D eigenvalue weighted by molar-refractivity contribution is -0.394. The molecule has 134 valence electrons. The summed E-state index contributed by atoms with van der Waals surface area (Å²) in [5, 5.41) is 25.1. The zero-order valence-electron chi connectivity index (χ0n) is 13.2. The van der Waals surface area contributed by atoms with Crippen LogP contribution in [0.25, 0.3) is 0 Å². The average Bonchev–Trinajstić information content (AvgIpc) is 2.62. The van der Waals surface area contributed by atoms with E-state index in [9.17, 15) is 25.0 Å². The molecule has 1 atom stereocenters. The maximum atomic E-state index is 12.5. The van der Waals surface area contributed by atoms with E-state index < -0.39 is 33.2 Å². The van der Waals surface area contributed by atoms with Gasteiger partial charge in [0.25, 0.3) is 17.3 Å². The van der Waals surface area contributed by atoms with E-state index in [0.717, 1.165) is 18.2 Å². The van der Waals surface area contributed by atoms with Crippen LogP contribution in [-0.4, -0.2) is 22.4 Å². The first-order valence-electron chi connectivity index (χ1n) is 7.53. The molecule has 10 heteroatoms. The highest BCUT2D eigenvalue weighted by atomic mass is 35.5. The van der Waals surface area contributed by atoms with Crippen LogP contribution in [0.5, 0.6) is 5.75 Å². The number of halogens is 1. The number of nitro benzene ring substituents is 2. The number of hydrogen-bond donors (Lipinski definition) is 1. The number of amides is 1. The fraction of sp³-hybridized carbons (Fsp3) is 0.188. The normalized spacial score (nSPS) is 15.5. The van der Waals surface area contributed by atoms with Crippen molar-refractivity contribution in [3.63, 3.8) is 0 Å². The summed E-state index contributed by atoms with van der Waals surface area (Å²) < 4.78 is 5.51. The molecule has 3 rings (SSSR count). The number of benzene rings is 2. The third-order valence-corrected chi connectivity index (χ3v) is 4.22. The molecule has 1 aliphatic rings. The Bertz CT molecular complexity index is 885. The molecule has 1 heterocycles. The Morgan fingerprint density at radius 3 is 2.42 bits per heavy atom. The van der Waals surface area contributed by atoms with Gasteiger partial charge in [-0.05, 0) is 6.07 Å². The lowest BCUT2D eigenvalue weighted by Crippen LogP contribution is -2.32. The van der Waals surface area contributed by atoms with Crippen LogP contribution >= 0.6 is 11.6 Å². The van der Waals surface area contributed by atoms with Gasteiger partial charge in [0.05, 0.1) is 39.1 Å². The molecule has 0 radical (unpaired) electrons. The number of nitro groups is 2. The Kier molecular flexibility index (Phi) is 4.72. The van der Waals surface area contributed by atoms with Gasteiger partial charge in [-0.25, -0.2) is 0 Å². The minimum Gasteiger partial charge on any atom is -0.492 e. The van der Waals surface area contributed by atoms with Gasteiger partial charge in [0.2, 0.25) is 0 Å². The maximum absolute atomic E-state index is 12.5. The van der Waals surface area contributed by atoms with Gasteiger partial charge in [0.1, 0.15) is 5.75 Å². The van der Waals surface area contributed by atoms with Crippen LogP contribution in [0.3, 0.4) is 0 Å². The number of ether oxygens (including phenoxy) is 1. The first kappa shape index (κ1) is 17.6. The summed E-state index contributed by atoms with van der Waals surface area (Å²) in [6, 6.07) is 7.51. The minimum atomic E-state index is -0.784. The Labute approximate surface area is 151 Å². The van der Waals surface area contributed by atoms with Gasteiger partial charge in [-0.15, -0.1) is 0 Å². The summed E-state index contributed by atoms with van der Waals surface area (Å²) in [7, 11) is 0. The highest BCUT2D eigenvalue weighted by molar-refractivity contribution is 6.32. The van der Waals surface area contributed by atoms with Crippen molar-refractivity contribution in [3.8, 4) is 5.75 Å². The number of nitrogens with one attached hydrogen (secondary N) is 1. The average molecular weight is 378 g/mol. The molecule has 2 aromatic carbocycles. The molecule has 0 bridgehead atoms. The van der Waals surface area contributed by atoms with Crippen LogP contribution in [0.1, 0.15) is 28.4 Å². The molecule has 0 saturated heterocycles. The topological polar surface area (TPSA) is 125 Å². The van der Waals surface area contributed by atoms with Gasteiger partial charge < -0.3 is 10.1 Å².